The molecule has 0 radical (unpaired) electrons. The molecule has 0 heterocycles. The second kappa shape index (κ2) is 10.4. The lowest BCUT2D eigenvalue weighted by molar-refractivity contribution is -0.151. The van der Waals surface area contributed by atoms with Gasteiger partial charge in [0.1, 0.15) is 6.54 Å². The summed E-state index contributed by atoms with van der Waals surface area (Å²) in [4.78, 5) is 34.8. The first-order valence-corrected chi connectivity index (χ1v) is 10.8. The van der Waals surface area contributed by atoms with Crippen LogP contribution in [0, 0.1) is 0 Å². The minimum absolute atomic E-state index is 0.0549. The summed E-state index contributed by atoms with van der Waals surface area (Å²) in [5, 5.41) is 4.77. The van der Waals surface area contributed by atoms with Crippen molar-refractivity contribution >= 4 is 39.2 Å². The highest BCUT2D eigenvalue weighted by Crippen LogP contribution is 2.29. The van der Waals surface area contributed by atoms with E-state index >= 15 is 0 Å². The first kappa shape index (κ1) is 25.8. The number of alkyl halides is 3. The zero-order valence-corrected chi connectivity index (χ0v) is 18.2. The SMILES string of the molecule is CC(=O)Nc1ccc(S(=O)(=O)NCC(=O)OC(C)C(=O)Nc2ccc(C(F)(F)F)cc2)cc1. The quantitative estimate of drug-likeness (QED) is 0.491. The van der Waals surface area contributed by atoms with Gasteiger partial charge in [0.15, 0.2) is 6.10 Å². The molecule has 9 nitrogen and oxygen atoms in total. The molecule has 0 aliphatic rings. The number of sulfonamides is 1. The summed E-state index contributed by atoms with van der Waals surface area (Å²) in [5.74, 6) is -2.20. The largest absolute Gasteiger partial charge is 0.452 e. The highest BCUT2D eigenvalue weighted by molar-refractivity contribution is 7.89. The van der Waals surface area contributed by atoms with Gasteiger partial charge in [-0.3, -0.25) is 14.4 Å². The molecule has 0 saturated carbocycles. The second-order valence-electron chi connectivity index (χ2n) is 6.73. The predicted octanol–water partition coefficient (Wildman–Crippen LogP) is 2.51. The van der Waals surface area contributed by atoms with Gasteiger partial charge in [0.25, 0.3) is 5.91 Å². The number of esters is 1. The van der Waals surface area contributed by atoms with Crippen molar-refractivity contribution in [2.75, 3.05) is 17.2 Å². The lowest BCUT2D eigenvalue weighted by Gasteiger charge is -2.14. The zero-order valence-electron chi connectivity index (χ0n) is 17.4. The van der Waals surface area contributed by atoms with Gasteiger partial charge in [-0.1, -0.05) is 0 Å². The van der Waals surface area contributed by atoms with E-state index in [1.807, 2.05) is 4.72 Å². The van der Waals surface area contributed by atoms with Crippen LogP contribution < -0.4 is 15.4 Å². The Kier molecular flexibility index (Phi) is 8.17. The van der Waals surface area contributed by atoms with Gasteiger partial charge >= 0.3 is 12.1 Å². The van der Waals surface area contributed by atoms with Gasteiger partial charge in [-0.2, -0.15) is 17.9 Å². The van der Waals surface area contributed by atoms with Crippen molar-refractivity contribution in [1.29, 1.82) is 0 Å². The fraction of sp³-hybridized carbons (Fsp3) is 0.250. The summed E-state index contributed by atoms with van der Waals surface area (Å²) in [5.41, 5.74) is -0.454. The fourth-order valence-corrected chi connectivity index (χ4v) is 3.41. The van der Waals surface area contributed by atoms with Gasteiger partial charge in [0.05, 0.1) is 10.5 Å². The third kappa shape index (κ3) is 7.88. The number of hydrogen-bond donors (Lipinski definition) is 3. The monoisotopic (exact) mass is 487 g/mol. The van der Waals surface area contributed by atoms with Crippen LogP contribution in [0.15, 0.2) is 53.4 Å². The summed E-state index contributed by atoms with van der Waals surface area (Å²) in [7, 11) is -4.08. The molecule has 2 rings (SSSR count). The molecule has 0 aliphatic heterocycles. The zero-order chi connectivity index (χ0) is 24.8. The number of anilines is 2. The molecule has 2 amide bonds. The van der Waals surface area contributed by atoms with Crippen LogP contribution in [0.5, 0.6) is 0 Å². The van der Waals surface area contributed by atoms with Crippen LogP contribution in [0.25, 0.3) is 0 Å². The first-order valence-electron chi connectivity index (χ1n) is 9.33. The van der Waals surface area contributed by atoms with Crippen molar-refractivity contribution in [2.45, 2.75) is 31.0 Å². The Hall–Kier alpha value is -3.45. The Labute approximate surface area is 187 Å². The lowest BCUT2D eigenvalue weighted by atomic mass is 10.2. The standard InChI is InChI=1S/C20H20F3N3O6S/c1-12(19(29)26-16-5-3-14(4-6-16)20(21,22)23)32-18(28)11-24-33(30,31)17-9-7-15(8-10-17)25-13(2)27/h3-10,12,24H,11H2,1-2H3,(H,25,27)(H,26,29). The molecule has 1 unspecified atom stereocenters. The number of nitrogens with one attached hydrogen (secondary N) is 3. The van der Waals surface area contributed by atoms with E-state index in [4.69, 9.17) is 4.74 Å². The average molecular weight is 487 g/mol. The Morgan fingerprint density at radius 3 is 1.97 bits per heavy atom. The van der Waals surface area contributed by atoms with E-state index in [9.17, 15) is 36.0 Å². The van der Waals surface area contributed by atoms with Crippen molar-refractivity contribution in [1.82, 2.24) is 4.72 Å². The van der Waals surface area contributed by atoms with Crippen LogP contribution in [-0.4, -0.2) is 38.9 Å². The Morgan fingerprint density at radius 2 is 1.45 bits per heavy atom. The van der Waals surface area contributed by atoms with E-state index in [2.05, 4.69) is 10.6 Å². The lowest BCUT2D eigenvalue weighted by Crippen LogP contribution is -2.35. The Bertz CT molecular complexity index is 1120. The van der Waals surface area contributed by atoms with E-state index in [1.54, 1.807) is 0 Å². The summed E-state index contributed by atoms with van der Waals surface area (Å²) < 4.78 is 69.1. The van der Waals surface area contributed by atoms with Crippen LogP contribution in [0.4, 0.5) is 24.5 Å². The molecule has 0 spiro atoms. The number of rotatable bonds is 8. The maximum absolute atomic E-state index is 12.6. The maximum atomic E-state index is 12.6. The summed E-state index contributed by atoms with van der Waals surface area (Å²) in [6.45, 7) is 1.74. The summed E-state index contributed by atoms with van der Waals surface area (Å²) in [6.07, 6.45) is -5.87. The Morgan fingerprint density at radius 1 is 0.939 bits per heavy atom. The van der Waals surface area contributed by atoms with Crippen LogP contribution in [-0.2, 0) is 35.3 Å². The van der Waals surface area contributed by atoms with Crippen LogP contribution in [0.3, 0.4) is 0 Å². The van der Waals surface area contributed by atoms with Gasteiger partial charge in [-0.15, -0.1) is 0 Å². The van der Waals surface area contributed by atoms with Crippen molar-refractivity contribution in [3.8, 4) is 0 Å². The van der Waals surface area contributed by atoms with Crippen molar-refractivity contribution in [3.05, 3.63) is 54.1 Å². The third-order valence-electron chi connectivity index (χ3n) is 4.05. The summed E-state index contributed by atoms with van der Waals surface area (Å²) >= 11 is 0. The van der Waals surface area contributed by atoms with Crippen molar-refractivity contribution in [3.63, 3.8) is 0 Å². The predicted molar refractivity (Wildman–Crippen MR) is 112 cm³/mol. The minimum atomic E-state index is -4.52. The van der Waals surface area contributed by atoms with Gasteiger partial charge in [0.2, 0.25) is 15.9 Å². The number of amides is 2. The molecule has 178 valence electrons. The smallest absolute Gasteiger partial charge is 0.416 e. The maximum Gasteiger partial charge on any atom is 0.416 e. The fourth-order valence-electron chi connectivity index (χ4n) is 2.44. The van der Waals surface area contributed by atoms with Gasteiger partial charge in [-0.25, -0.2) is 8.42 Å². The molecule has 33 heavy (non-hydrogen) atoms. The molecular formula is C20H20F3N3O6S. The molecule has 2 aromatic rings. The van der Waals surface area contributed by atoms with Gasteiger partial charge in [0, 0.05) is 18.3 Å². The highest BCUT2D eigenvalue weighted by Gasteiger charge is 2.30. The third-order valence-corrected chi connectivity index (χ3v) is 5.47. The molecule has 2 aromatic carbocycles. The average Bonchev–Trinajstić information content (AvgIpc) is 2.72. The molecule has 1 atom stereocenters. The molecule has 0 saturated heterocycles. The first-order chi connectivity index (χ1) is 15.3. The molecule has 3 N–H and O–H groups in total. The van der Waals surface area contributed by atoms with Gasteiger partial charge in [-0.05, 0) is 55.5 Å². The molecule has 0 fully saturated rings. The Balaban J connectivity index is 1.87. The number of carbonyl (C=O) groups is 3. The highest BCUT2D eigenvalue weighted by atomic mass is 32.2. The molecule has 0 aromatic heterocycles. The molecule has 0 aliphatic carbocycles. The van der Waals surface area contributed by atoms with Crippen molar-refractivity contribution < 1.29 is 40.7 Å². The van der Waals surface area contributed by atoms with Crippen LogP contribution >= 0.6 is 0 Å². The van der Waals surface area contributed by atoms with Crippen LogP contribution in [0.1, 0.15) is 19.4 Å². The second-order valence-corrected chi connectivity index (χ2v) is 8.49. The van der Waals surface area contributed by atoms with E-state index in [1.165, 1.54) is 38.1 Å². The van der Waals surface area contributed by atoms with E-state index in [-0.39, 0.29) is 16.5 Å². The minimum Gasteiger partial charge on any atom is -0.452 e. The number of benzene rings is 2. The summed E-state index contributed by atoms with van der Waals surface area (Å²) in [6, 6.07) is 8.82. The van der Waals surface area contributed by atoms with E-state index in [0.717, 1.165) is 24.3 Å². The van der Waals surface area contributed by atoms with Gasteiger partial charge < -0.3 is 15.4 Å². The normalized spacial score (nSPS) is 12.5. The molecular weight excluding hydrogens is 467 g/mol. The van der Waals surface area contributed by atoms with Crippen molar-refractivity contribution in [2.24, 2.45) is 0 Å². The molecule has 0 bridgehead atoms. The van der Waals surface area contributed by atoms with E-state index in [0.29, 0.717) is 5.69 Å². The molecule has 13 heteroatoms. The van der Waals surface area contributed by atoms with E-state index < -0.39 is 46.3 Å². The van der Waals surface area contributed by atoms with Crippen LogP contribution in [0.2, 0.25) is 0 Å². The number of halogens is 3. The number of ether oxygens (including phenoxy) is 1. The number of hydrogen-bond acceptors (Lipinski definition) is 6. The number of carbonyl (C=O) groups excluding carboxylic acids is 3. The topological polar surface area (TPSA) is 131 Å².